The van der Waals surface area contributed by atoms with Crippen LogP contribution >= 0.6 is 0 Å². The van der Waals surface area contributed by atoms with E-state index in [2.05, 4.69) is 25.8 Å². The molecule has 60 valence electrons. The van der Waals surface area contributed by atoms with Gasteiger partial charge in [0.25, 0.3) is 0 Å². The third-order valence-corrected chi connectivity index (χ3v) is 2.29. The van der Waals surface area contributed by atoms with E-state index in [4.69, 9.17) is 0 Å². The van der Waals surface area contributed by atoms with Crippen LogP contribution in [0.25, 0.3) is 0 Å². The highest BCUT2D eigenvalue weighted by Crippen LogP contribution is 2.20. The minimum atomic E-state index is 0.894. The summed E-state index contributed by atoms with van der Waals surface area (Å²) in [4.78, 5) is 2.39. The average Bonchev–Trinajstić information content (AvgIpc) is 1.77. The van der Waals surface area contributed by atoms with Crippen LogP contribution in [-0.4, -0.2) is 25.0 Å². The lowest BCUT2D eigenvalue weighted by molar-refractivity contribution is 0.121. The second-order valence-corrected chi connectivity index (χ2v) is 4.06. The molecule has 0 unspecified atom stereocenters. The topological polar surface area (TPSA) is 3.24 Å². The monoisotopic (exact) mass is 141 g/mol. The molecule has 0 aromatic carbocycles. The van der Waals surface area contributed by atoms with Gasteiger partial charge in [0.15, 0.2) is 0 Å². The van der Waals surface area contributed by atoms with Crippen molar-refractivity contribution in [1.29, 1.82) is 0 Å². The van der Waals surface area contributed by atoms with Gasteiger partial charge in [0.05, 0.1) is 0 Å². The molecule has 1 heteroatoms. The Morgan fingerprint density at radius 2 is 2.00 bits per heavy atom. The first-order valence-corrected chi connectivity index (χ1v) is 4.37. The number of hydrogen-bond donors (Lipinski definition) is 0. The van der Waals surface area contributed by atoms with E-state index in [0.717, 1.165) is 11.8 Å². The van der Waals surface area contributed by atoms with Crippen LogP contribution in [0.15, 0.2) is 0 Å². The molecule has 0 radical (unpaired) electrons. The summed E-state index contributed by atoms with van der Waals surface area (Å²) in [6.45, 7) is 7.30. The fraction of sp³-hybridized carbons (Fsp3) is 1.00. The molecule has 0 amide bonds. The SMILES string of the molecule is CC(C)CCC1CN(C)C1. The molecule has 1 nitrogen and oxygen atoms in total. The van der Waals surface area contributed by atoms with Crippen LogP contribution in [0.5, 0.6) is 0 Å². The van der Waals surface area contributed by atoms with Crippen molar-refractivity contribution in [2.75, 3.05) is 20.1 Å². The Bertz CT molecular complexity index is 92.9. The molecule has 1 aliphatic heterocycles. The van der Waals surface area contributed by atoms with Crippen molar-refractivity contribution in [3.63, 3.8) is 0 Å². The Labute approximate surface area is 64.4 Å². The van der Waals surface area contributed by atoms with E-state index in [-0.39, 0.29) is 0 Å². The van der Waals surface area contributed by atoms with Gasteiger partial charge < -0.3 is 4.90 Å². The highest BCUT2D eigenvalue weighted by Gasteiger charge is 2.22. The zero-order valence-electron chi connectivity index (χ0n) is 7.43. The number of rotatable bonds is 3. The normalized spacial score (nSPS) is 21.6. The Hall–Kier alpha value is -0.0400. The standard InChI is InChI=1S/C9H19N/c1-8(2)4-5-9-6-10(3)7-9/h8-9H,4-7H2,1-3H3. The zero-order chi connectivity index (χ0) is 7.56. The molecule has 1 rings (SSSR count). The minimum Gasteiger partial charge on any atom is -0.306 e. The molecule has 0 saturated carbocycles. The maximum Gasteiger partial charge on any atom is 0.00190 e. The van der Waals surface area contributed by atoms with Gasteiger partial charge in [-0.25, -0.2) is 0 Å². The molecule has 0 aromatic heterocycles. The van der Waals surface area contributed by atoms with Gasteiger partial charge in [-0.15, -0.1) is 0 Å². The molecule has 0 atom stereocenters. The fourth-order valence-electron chi connectivity index (χ4n) is 1.58. The molecular formula is C9H19N. The summed E-state index contributed by atoms with van der Waals surface area (Å²) < 4.78 is 0. The minimum absolute atomic E-state index is 0.894. The van der Waals surface area contributed by atoms with Crippen LogP contribution in [0.2, 0.25) is 0 Å². The lowest BCUT2D eigenvalue weighted by Crippen LogP contribution is -2.43. The molecule has 0 aliphatic carbocycles. The van der Waals surface area contributed by atoms with Crippen LogP contribution < -0.4 is 0 Å². The van der Waals surface area contributed by atoms with Crippen LogP contribution in [0, 0.1) is 11.8 Å². The summed E-state index contributed by atoms with van der Waals surface area (Å²) in [5, 5.41) is 0. The molecular weight excluding hydrogens is 122 g/mol. The maximum atomic E-state index is 2.39. The summed E-state index contributed by atoms with van der Waals surface area (Å²) >= 11 is 0. The van der Waals surface area contributed by atoms with Crippen molar-refractivity contribution >= 4 is 0 Å². The van der Waals surface area contributed by atoms with Gasteiger partial charge >= 0.3 is 0 Å². The van der Waals surface area contributed by atoms with E-state index >= 15 is 0 Å². The first-order chi connectivity index (χ1) is 4.68. The molecule has 1 heterocycles. The van der Waals surface area contributed by atoms with E-state index in [9.17, 15) is 0 Å². The van der Waals surface area contributed by atoms with E-state index in [0.29, 0.717) is 0 Å². The summed E-state index contributed by atoms with van der Waals surface area (Å²) in [7, 11) is 2.20. The summed E-state index contributed by atoms with van der Waals surface area (Å²) in [6.07, 6.45) is 2.86. The van der Waals surface area contributed by atoms with Crippen LogP contribution in [0.3, 0.4) is 0 Å². The second-order valence-electron chi connectivity index (χ2n) is 4.06. The van der Waals surface area contributed by atoms with Crippen molar-refractivity contribution in [3.8, 4) is 0 Å². The highest BCUT2D eigenvalue weighted by molar-refractivity contribution is 4.76. The smallest absolute Gasteiger partial charge is 0.00190 e. The van der Waals surface area contributed by atoms with Crippen LogP contribution in [-0.2, 0) is 0 Å². The van der Waals surface area contributed by atoms with Crippen LogP contribution in [0.4, 0.5) is 0 Å². The molecule has 1 saturated heterocycles. The molecule has 1 aliphatic rings. The van der Waals surface area contributed by atoms with Crippen molar-refractivity contribution in [2.24, 2.45) is 11.8 Å². The summed E-state index contributed by atoms with van der Waals surface area (Å²) in [5.74, 6) is 1.92. The van der Waals surface area contributed by atoms with E-state index in [1.54, 1.807) is 0 Å². The van der Waals surface area contributed by atoms with Gasteiger partial charge in [-0.2, -0.15) is 0 Å². The molecule has 0 N–H and O–H groups in total. The molecule has 0 spiro atoms. The predicted molar refractivity (Wildman–Crippen MR) is 45.1 cm³/mol. The van der Waals surface area contributed by atoms with Crippen molar-refractivity contribution in [1.82, 2.24) is 4.90 Å². The molecule has 0 aromatic rings. The Balaban J connectivity index is 1.95. The Kier molecular flexibility index (Phi) is 2.72. The Morgan fingerprint density at radius 1 is 1.40 bits per heavy atom. The average molecular weight is 141 g/mol. The molecule has 10 heavy (non-hydrogen) atoms. The number of nitrogens with zero attached hydrogens (tertiary/aromatic N) is 1. The zero-order valence-corrected chi connectivity index (χ0v) is 7.43. The van der Waals surface area contributed by atoms with Gasteiger partial charge in [0.1, 0.15) is 0 Å². The van der Waals surface area contributed by atoms with Gasteiger partial charge in [-0.1, -0.05) is 20.3 Å². The highest BCUT2D eigenvalue weighted by atomic mass is 15.2. The number of likely N-dealkylation sites (tertiary alicyclic amines) is 1. The van der Waals surface area contributed by atoms with Crippen LogP contribution in [0.1, 0.15) is 26.7 Å². The third-order valence-electron chi connectivity index (χ3n) is 2.29. The lowest BCUT2D eigenvalue weighted by Gasteiger charge is -2.36. The third kappa shape index (κ3) is 2.30. The van der Waals surface area contributed by atoms with Gasteiger partial charge in [-0.05, 0) is 25.3 Å². The maximum absolute atomic E-state index is 2.39. The van der Waals surface area contributed by atoms with Crippen molar-refractivity contribution in [2.45, 2.75) is 26.7 Å². The first-order valence-electron chi connectivity index (χ1n) is 4.37. The lowest BCUT2D eigenvalue weighted by atomic mass is 9.92. The predicted octanol–water partition coefficient (Wildman–Crippen LogP) is 1.98. The fourth-order valence-corrected chi connectivity index (χ4v) is 1.58. The largest absolute Gasteiger partial charge is 0.306 e. The van der Waals surface area contributed by atoms with Gasteiger partial charge in [0, 0.05) is 13.1 Å². The van der Waals surface area contributed by atoms with Crippen molar-refractivity contribution in [3.05, 3.63) is 0 Å². The van der Waals surface area contributed by atoms with E-state index in [1.807, 2.05) is 0 Å². The van der Waals surface area contributed by atoms with Gasteiger partial charge in [0.2, 0.25) is 0 Å². The Morgan fingerprint density at radius 3 is 2.40 bits per heavy atom. The first kappa shape index (κ1) is 8.06. The second kappa shape index (κ2) is 3.38. The van der Waals surface area contributed by atoms with Crippen molar-refractivity contribution < 1.29 is 0 Å². The van der Waals surface area contributed by atoms with Gasteiger partial charge in [-0.3, -0.25) is 0 Å². The summed E-state index contributed by atoms with van der Waals surface area (Å²) in [6, 6.07) is 0. The molecule has 1 fully saturated rings. The quantitative estimate of drug-likeness (QED) is 0.581. The number of hydrogen-bond acceptors (Lipinski definition) is 1. The van der Waals surface area contributed by atoms with E-state index in [1.165, 1.54) is 25.9 Å². The van der Waals surface area contributed by atoms with E-state index < -0.39 is 0 Å². The molecule has 0 bridgehead atoms. The summed E-state index contributed by atoms with van der Waals surface area (Å²) in [5.41, 5.74) is 0.